The lowest BCUT2D eigenvalue weighted by Crippen LogP contribution is -2.41. The van der Waals surface area contributed by atoms with Crippen LogP contribution in [0.1, 0.15) is 31.2 Å². The van der Waals surface area contributed by atoms with Gasteiger partial charge in [-0.2, -0.15) is 0 Å². The standard InChI is InChI=1S/C17H28N4O/c1-18-17(21-16-5-3-4-6-16)20-13-14-7-9-15(10-8-14)19-11-12-22-2/h7-10,16,19H,3-6,11-13H2,1-2H3,(H2,18,20,21). The minimum absolute atomic E-state index is 0.582. The number of aliphatic imine (C=N–C) groups is 1. The number of nitrogens with zero attached hydrogens (tertiary/aromatic N) is 1. The fourth-order valence-electron chi connectivity index (χ4n) is 2.68. The van der Waals surface area contributed by atoms with Gasteiger partial charge in [0.05, 0.1) is 6.61 Å². The monoisotopic (exact) mass is 304 g/mol. The molecule has 0 bridgehead atoms. The average Bonchev–Trinajstić information content (AvgIpc) is 3.06. The molecule has 5 heteroatoms. The van der Waals surface area contributed by atoms with Gasteiger partial charge in [-0.05, 0) is 30.5 Å². The summed E-state index contributed by atoms with van der Waals surface area (Å²) in [5.41, 5.74) is 2.36. The normalized spacial score (nSPS) is 15.8. The first-order chi connectivity index (χ1) is 10.8. The van der Waals surface area contributed by atoms with Crippen molar-refractivity contribution in [2.24, 2.45) is 4.99 Å². The molecule has 1 aromatic carbocycles. The van der Waals surface area contributed by atoms with Crippen molar-refractivity contribution in [1.29, 1.82) is 0 Å². The molecule has 0 heterocycles. The smallest absolute Gasteiger partial charge is 0.191 e. The van der Waals surface area contributed by atoms with Crippen LogP contribution in [0.25, 0.3) is 0 Å². The van der Waals surface area contributed by atoms with Crippen molar-refractivity contribution in [3.05, 3.63) is 29.8 Å². The van der Waals surface area contributed by atoms with Gasteiger partial charge in [-0.1, -0.05) is 25.0 Å². The van der Waals surface area contributed by atoms with Gasteiger partial charge in [0.25, 0.3) is 0 Å². The third kappa shape index (κ3) is 5.56. The number of nitrogens with one attached hydrogen (secondary N) is 3. The lowest BCUT2D eigenvalue weighted by atomic mass is 10.2. The minimum atomic E-state index is 0.582. The number of hydrogen-bond acceptors (Lipinski definition) is 3. The summed E-state index contributed by atoms with van der Waals surface area (Å²) < 4.78 is 5.03. The minimum Gasteiger partial charge on any atom is -0.383 e. The Morgan fingerprint density at radius 1 is 1.23 bits per heavy atom. The molecule has 0 aliphatic heterocycles. The molecule has 3 N–H and O–H groups in total. The SMILES string of the molecule is CN=C(NCc1ccc(NCCOC)cc1)NC1CCCC1. The van der Waals surface area contributed by atoms with Gasteiger partial charge in [-0.15, -0.1) is 0 Å². The van der Waals surface area contributed by atoms with Crippen LogP contribution < -0.4 is 16.0 Å². The van der Waals surface area contributed by atoms with Crippen LogP contribution in [-0.2, 0) is 11.3 Å². The lowest BCUT2D eigenvalue weighted by Gasteiger charge is -2.17. The van der Waals surface area contributed by atoms with Gasteiger partial charge in [-0.25, -0.2) is 0 Å². The van der Waals surface area contributed by atoms with Crippen LogP contribution >= 0.6 is 0 Å². The van der Waals surface area contributed by atoms with Gasteiger partial charge >= 0.3 is 0 Å². The van der Waals surface area contributed by atoms with Crippen LogP contribution in [0.5, 0.6) is 0 Å². The van der Waals surface area contributed by atoms with Gasteiger partial charge in [0.15, 0.2) is 5.96 Å². The van der Waals surface area contributed by atoms with E-state index in [9.17, 15) is 0 Å². The van der Waals surface area contributed by atoms with Crippen LogP contribution in [0.4, 0.5) is 5.69 Å². The van der Waals surface area contributed by atoms with Crippen LogP contribution in [0.15, 0.2) is 29.3 Å². The van der Waals surface area contributed by atoms with Crippen molar-refractivity contribution >= 4 is 11.6 Å². The summed E-state index contributed by atoms with van der Waals surface area (Å²) in [5, 5.41) is 10.2. The van der Waals surface area contributed by atoms with E-state index in [0.717, 1.165) is 24.7 Å². The Morgan fingerprint density at radius 3 is 2.59 bits per heavy atom. The van der Waals surface area contributed by atoms with Crippen LogP contribution in [0, 0.1) is 0 Å². The molecule has 0 aromatic heterocycles. The van der Waals surface area contributed by atoms with E-state index >= 15 is 0 Å². The van der Waals surface area contributed by atoms with E-state index in [1.54, 1.807) is 7.11 Å². The van der Waals surface area contributed by atoms with Gasteiger partial charge in [-0.3, -0.25) is 4.99 Å². The summed E-state index contributed by atoms with van der Waals surface area (Å²) in [5.74, 6) is 0.897. The lowest BCUT2D eigenvalue weighted by molar-refractivity contribution is 0.211. The molecule has 1 fully saturated rings. The highest BCUT2D eigenvalue weighted by molar-refractivity contribution is 5.80. The predicted octanol–water partition coefficient (Wildman–Crippen LogP) is 2.35. The zero-order valence-corrected chi connectivity index (χ0v) is 13.7. The molecule has 1 aliphatic carbocycles. The first-order valence-electron chi connectivity index (χ1n) is 8.10. The van der Waals surface area contributed by atoms with Crippen molar-refractivity contribution < 1.29 is 4.74 Å². The van der Waals surface area contributed by atoms with Crippen molar-refractivity contribution in [1.82, 2.24) is 10.6 Å². The van der Waals surface area contributed by atoms with Gasteiger partial charge in [0.2, 0.25) is 0 Å². The molecule has 0 radical (unpaired) electrons. The summed E-state index contributed by atoms with van der Waals surface area (Å²) in [7, 11) is 3.54. The molecule has 5 nitrogen and oxygen atoms in total. The molecule has 22 heavy (non-hydrogen) atoms. The topological polar surface area (TPSA) is 57.7 Å². The highest BCUT2D eigenvalue weighted by atomic mass is 16.5. The second-order valence-electron chi connectivity index (χ2n) is 5.67. The Labute approximate surface area is 133 Å². The first kappa shape index (κ1) is 16.6. The number of guanidine groups is 1. The molecule has 0 saturated heterocycles. The van der Waals surface area contributed by atoms with E-state index in [4.69, 9.17) is 4.74 Å². The fraction of sp³-hybridized carbons (Fsp3) is 0.588. The second kappa shape index (κ2) is 9.30. The Kier molecular flexibility index (Phi) is 7.03. The number of rotatable bonds is 7. The highest BCUT2D eigenvalue weighted by Gasteiger charge is 2.15. The maximum absolute atomic E-state index is 5.03. The van der Waals surface area contributed by atoms with Crippen molar-refractivity contribution in [3.63, 3.8) is 0 Å². The largest absolute Gasteiger partial charge is 0.383 e. The highest BCUT2D eigenvalue weighted by Crippen LogP contribution is 2.17. The Balaban J connectivity index is 1.75. The van der Waals surface area contributed by atoms with Gasteiger partial charge in [0, 0.05) is 39.0 Å². The summed E-state index contributed by atoms with van der Waals surface area (Å²) >= 11 is 0. The zero-order valence-electron chi connectivity index (χ0n) is 13.7. The van der Waals surface area contributed by atoms with Gasteiger partial charge in [0.1, 0.15) is 0 Å². The summed E-state index contributed by atoms with van der Waals surface area (Å²) in [4.78, 5) is 4.30. The van der Waals surface area contributed by atoms with Crippen molar-refractivity contribution in [3.8, 4) is 0 Å². The molecule has 0 unspecified atom stereocenters. The molecule has 0 spiro atoms. The summed E-state index contributed by atoms with van der Waals surface area (Å²) in [6.45, 7) is 2.32. The van der Waals surface area contributed by atoms with Crippen LogP contribution in [-0.4, -0.2) is 39.3 Å². The fourth-order valence-corrected chi connectivity index (χ4v) is 2.68. The van der Waals surface area contributed by atoms with E-state index in [-0.39, 0.29) is 0 Å². The van der Waals surface area contributed by atoms with E-state index in [2.05, 4.69) is 45.2 Å². The molecule has 0 amide bonds. The van der Waals surface area contributed by atoms with Crippen LogP contribution in [0.3, 0.4) is 0 Å². The first-order valence-corrected chi connectivity index (χ1v) is 8.10. The Morgan fingerprint density at radius 2 is 1.95 bits per heavy atom. The third-order valence-electron chi connectivity index (χ3n) is 3.97. The quantitative estimate of drug-likeness (QED) is 0.411. The van der Waals surface area contributed by atoms with E-state index in [1.807, 2.05) is 7.05 Å². The Hall–Kier alpha value is -1.75. The zero-order chi connectivity index (χ0) is 15.6. The third-order valence-corrected chi connectivity index (χ3v) is 3.97. The number of benzene rings is 1. The molecule has 1 saturated carbocycles. The number of anilines is 1. The van der Waals surface area contributed by atoms with Crippen LogP contribution in [0.2, 0.25) is 0 Å². The molecule has 1 aromatic rings. The number of hydrogen-bond donors (Lipinski definition) is 3. The summed E-state index contributed by atoms with van der Waals surface area (Å²) in [6.07, 6.45) is 5.16. The van der Waals surface area contributed by atoms with E-state index in [1.165, 1.54) is 31.2 Å². The molecular formula is C17H28N4O. The molecule has 1 aliphatic rings. The number of methoxy groups -OCH3 is 1. The predicted molar refractivity (Wildman–Crippen MR) is 92.4 cm³/mol. The maximum Gasteiger partial charge on any atom is 0.191 e. The summed E-state index contributed by atoms with van der Waals surface area (Å²) in [6, 6.07) is 9.04. The second-order valence-corrected chi connectivity index (χ2v) is 5.67. The maximum atomic E-state index is 5.03. The molecular weight excluding hydrogens is 276 g/mol. The molecule has 122 valence electrons. The number of ether oxygens (including phenoxy) is 1. The Bertz CT molecular complexity index is 452. The average molecular weight is 304 g/mol. The van der Waals surface area contributed by atoms with Gasteiger partial charge < -0.3 is 20.7 Å². The van der Waals surface area contributed by atoms with E-state index in [0.29, 0.717) is 12.6 Å². The molecule has 2 rings (SSSR count). The van der Waals surface area contributed by atoms with Crippen molar-refractivity contribution in [2.45, 2.75) is 38.3 Å². The van der Waals surface area contributed by atoms with Crippen molar-refractivity contribution in [2.75, 3.05) is 32.6 Å². The van der Waals surface area contributed by atoms with E-state index < -0.39 is 0 Å². The molecule has 0 atom stereocenters.